The number of hydrogen-bond acceptors (Lipinski definition) is 4. The molecule has 29 heavy (non-hydrogen) atoms. The molecule has 0 unspecified atom stereocenters. The molecular weight excluding hydrogens is 388 g/mol. The maximum Gasteiger partial charge on any atom is 0.256 e. The topological polar surface area (TPSA) is 75.7 Å². The Balaban J connectivity index is 1.75. The molecule has 150 valence electrons. The first-order valence-corrected chi connectivity index (χ1v) is 10.8. The van der Waals surface area contributed by atoms with Crippen molar-refractivity contribution in [1.29, 1.82) is 0 Å². The number of carbonyl (C=O) groups excluding carboxylic acids is 1. The van der Waals surface area contributed by atoms with Gasteiger partial charge in [0.05, 0.1) is 11.9 Å². The van der Waals surface area contributed by atoms with Gasteiger partial charge in [0, 0.05) is 18.3 Å². The van der Waals surface area contributed by atoms with Gasteiger partial charge < -0.3 is 10.1 Å². The van der Waals surface area contributed by atoms with Crippen LogP contribution in [0.4, 0.5) is 11.4 Å². The van der Waals surface area contributed by atoms with Crippen LogP contribution in [0, 0.1) is 6.92 Å². The number of rotatable bonds is 6. The largest absolute Gasteiger partial charge is 0.457 e. The summed E-state index contributed by atoms with van der Waals surface area (Å²) in [5, 5.41) is 2.83. The van der Waals surface area contributed by atoms with Crippen molar-refractivity contribution in [3.8, 4) is 11.5 Å². The van der Waals surface area contributed by atoms with E-state index in [0.717, 1.165) is 16.3 Å². The van der Waals surface area contributed by atoms with Gasteiger partial charge >= 0.3 is 0 Å². The number of amides is 1. The zero-order chi connectivity index (χ0) is 21.0. The van der Waals surface area contributed by atoms with Gasteiger partial charge in [-0.1, -0.05) is 24.3 Å². The first-order valence-electron chi connectivity index (χ1n) is 8.93. The van der Waals surface area contributed by atoms with Crippen molar-refractivity contribution < 1.29 is 17.9 Å². The second-order valence-electron chi connectivity index (χ2n) is 6.57. The number of hydrogen-bond donors (Lipinski definition) is 1. The molecule has 0 spiro atoms. The second kappa shape index (κ2) is 8.36. The predicted octanol–water partition coefficient (Wildman–Crippen LogP) is 4.44. The molecule has 6 nitrogen and oxygen atoms in total. The predicted molar refractivity (Wildman–Crippen MR) is 115 cm³/mol. The highest BCUT2D eigenvalue weighted by atomic mass is 32.2. The smallest absolute Gasteiger partial charge is 0.256 e. The highest BCUT2D eigenvalue weighted by Crippen LogP contribution is 2.26. The van der Waals surface area contributed by atoms with Gasteiger partial charge in [-0.15, -0.1) is 0 Å². The average molecular weight is 410 g/mol. The number of para-hydroxylation sites is 1. The summed E-state index contributed by atoms with van der Waals surface area (Å²) in [5.74, 6) is 1.07. The first kappa shape index (κ1) is 20.4. The average Bonchev–Trinajstić information content (AvgIpc) is 2.69. The van der Waals surface area contributed by atoms with Gasteiger partial charge in [-0.2, -0.15) is 0 Å². The lowest BCUT2D eigenvalue weighted by atomic mass is 10.1. The van der Waals surface area contributed by atoms with E-state index in [1.54, 1.807) is 49.4 Å². The third kappa shape index (κ3) is 4.94. The molecule has 0 aliphatic heterocycles. The Morgan fingerprint density at radius 2 is 1.52 bits per heavy atom. The van der Waals surface area contributed by atoms with E-state index < -0.39 is 10.0 Å². The van der Waals surface area contributed by atoms with E-state index >= 15 is 0 Å². The molecule has 0 aliphatic rings. The van der Waals surface area contributed by atoms with Crippen molar-refractivity contribution in [2.45, 2.75) is 6.92 Å². The Kier molecular flexibility index (Phi) is 5.89. The van der Waals surface area contributed by atoms with E-state index in [4.69, 9.17) is 4.74 Å². The fraction of sp³-hybridized carbons (Fsp3) is 0.136. The van der Waals surface area contributed by atoms with Gasteiger partial charge in [-0.25, -0.2) is 8.42 Å². The van der Waals surface area contributed by atoms with Crippen molar-refractivity contribution in [2.75, 3.05) is 22.9 Å². The number of nitrogens with one attached hydrogen (secondary N) is 1. The lowest BCUT2D eigenvalue weighted by molar-refractivity contribution is 0.102. The van der Waals surface area contributed by atoms with E-state index in [1.807, 2.05) is 30.3 Å². The molecule has 3 aromatic rings. The van der Waals surface area contributed by atoms with Gasteiger partial charge in [0.1, 0.15) is 11.5 Å². The molecule has 0 aliphatic carbocycles. The van der Waals surface area contributed by atoms with Crippen LogP contribution in [0.15, 0.2) is 72.8 Å². The molecule has 0 bridgehead atoms. The molecule has 0 heterocycles. The van der Waals surface area contributed by atoms with Crippen LogP contribution in [0.2, 0.25) is 0 Å². The Labute approximate surface area is 170 Å². The number of carbonyl (C=O) groups is 1. The summed E-state index contributed by atoms with van der Waals surface area (Å²) in [4.78, 5) is 12.7. The Morgan fingerprint density at radius 3 is 2.14 bits per heavy atom. The minimum Gasteiger partial charge on any atom is -0.457 e. The van der Waals surface area contributed by atoms with Crippen molar-refractivity contribution in [3.63, 3.8) is 0 Å². The third-order valence-electron chi connectivity index (χ3n) is 4.48. The fourth-order valence-corrected chi connectivity index (χ4v) is 3.37. The lowest BCUT2D eigenvalue weighted by Crippen LogP contribution is -2.26. The summed E-state index contributed by atoms with van der Waals surface area (Å²) in [6.45, 7) is 1.72. The molecule has 0 radical (unpaired) electrons. The number of nitrogens with zero attached hydrogens (tertiary/aromatic N) is 1. The first-order chi connectivity index (χ1) is 13.8. The molecule has 0 fully saturated rings. The number of anilines is 2. The van der Waals surface area contributed by atoms with Crippen molar-refractivity contribution in [2.24, 2.45) is 0 Å². The van der Waals surface area contributed by atoms with Crippen molar-refractivity contribution >= 4 is 27.3 Å². The summed E-state index contributed by atoms with van der Waals surface area (Å²) in [6.07, 6.45) is 1.12. The van der Waals surface area contributed by atoms with Crippen LogP contribution in [-0.4, -0.2) is 27.6 Å². The monoisotopic (exact) mass is 410 g/mol. The van der Waals surface area contributed by atoms with Gasteiger partial charge in [-0.05, 0) is 61.0 Å². The molecule has 3 aromatic carbocycles. The van der Waals surface area contributed by atoms with Crippen LogP contribution in [0.25, 0.3) is 0 Å². The maximum atomic E-state index is 12.7. The Hall–Kier alpha value is -3.32. The summed E-state index contributed by atoms with van der Waals surface area (Å²) in [7, 11) is -1.96. The van der Waals surface area contributed by atoms with Crippen LogP contribution in [-0.2, 0) is 10.0 Å². The van der Waals surface area contributed by atoms with E-state index in [9.17, 15) is 13.2 Å². The van der Waals surface area contributed by atoms with Gasteiger partial charge in [0.25, 0.3) is 5.91 Å². The Morgan fingerprint density at radius 1 is 0.897 bits per heavy atom. The Bertz CT molecular complexity index is 1110. The standard InChI is InChI=1S/C22H22N2O4S/c1-16-20(10-7-11-21(16)24(2)29(3,26)27)22(25)23-17-12-14-19(15-13-17)28-18-8-5-4-6-9-18/h4-15H,1-3H3,(H,23,25). The molecule has 0 saturated carbocycles. The van der Waals surface area contributed by atoms with Gasteiger partial charge in [0.15, 0.2) is 0 Å². The van der Waals surface area contributed by atoms with Crippen LogP contribution in [0.3, 0.4) is 0 Å². The highest BCUT2D eigenvalue weighted by molar-refractivity contribution is 7.92. The summed E-state index contributed by atoms with van der Waals surface area (Å²) in [6, 6.07) is 21.4. The molecule has 1 N–H and O–H groups in total. The quantitative estimate of drug-likeness (QED) is 0.652. The van der Waals surface area contributed by atoms with E-state index in [2.05, 4.69) is 5.32 Å². The molecular formula is C22H22N2O4S. The summed E-state index contributed by atoms with van der Waals surface area (Å²) >= 11 is 0. The highest BCUT2D eigenvalue weighted by Gasteiger charge is 2.18. The minimum absolute atomic E-state index is 0.317. The molecule has 0 atom stereocenters. The van der Waals surface area contributed by atoms with Crippen LogP contribution >= 0.6 is 0 Å². The summed E-state index contributed by atoms with van der Waals surface area (Å²) < 4.78 is 30.6. The van der Waals surface area contributed by atoms with Gasteiger partial charge in [0.2, 0.25) is 10.0 Å². The normalized spacial score (nSPS) is 11.0. The zero-order valence-corrected chi connectivity index (χ0v) is 17.2. The number of benzene rings is 3. The van der Waals surface area contributed by atoms with Crippen molar-refractivity contribution in [1.82, 2.24) is 0 Å². The maximum absolute atomic E-state index is 12.7. The van der Waals surface area contributed by atoms with Crippen LogP contribution < -0.4 is 14.4 Å². The zero-order valence-electron chi connectivity index (χ0n) is 16.4. The fourth-order valence-electron chi connectivity index (χ4n) is 2.82. The SMILES string of the molecule is Cc1c(C(=O)Nc2ccc(Oc3ccccc3)cc2)cccc1N(C)S(C)(=O)=O. The van der Waals surface area contributed by atoms with Crippen LogP contribution in [0.5, 0.6) is 11.5 Å². The number of sulfonamides is 1. The molecule has 7 heteroatoms. The molecule has 0 aromatic heterocycles. The number of ether oxygens (including phenoxy) is 1. The summed E-state index contributed by atoms with van der Waals surface area (Å²) in [5.41, 5.74) is 2.06. The molecule has 0 saturated heterocycles. The third-order valence-corrected chi connectivity index (χ3v) is 5.67. The van der Waals surface area contributed by atoms with E-state index in [0.29, 0.717) is 28.3 Å². The lowest BCUT2D eigenvalue weighted by Gasteiger charge is -2.20. The van der Waals surface area contributed by atoms with Crippen molar-refractivity contribution in [3.05, 3.63) is 83.9 Å². The van der Waals surface area contributed by atoms with E-state index in [-0.39, 0.29) is 5.91 Å². The molecule has 1 amide bonds. The second-order valence-corrected chi connectivity index (χ2v) is 8.59. The van der Waals surface area contributed by atoms with E-state index in [1.165, 1.54) is 7.05 Å². The molecule has 3 rings (SSSR count). The van der Waals surface area contributed by atoms with Crippen LogP contribution in [0.1, 0.15) is 15.9 Å². The minimum atomic E-state index is -3.42. The van der Waals surface area contributed by atoms with Gasteiger partial charge in [-0.3, -0.25) is 9.10 Å².